The van der Waals surface area contributed by atoms with Gasteiger partial charge < -0.3 is 14.4 Å². The number of hydrogen-bond donors (Lipinski definition) is 1. The van der Waals surface area contributed by atoms with Crippen LogP contribution in [0, 0.1) is 0 Å². The zero-order valence-corrected chi connectivity index (χ0v) is 7.72. The first-order chi connectivity index (χ1) is 5.31. The van der Waals surface area contributed by atoms with Crippen LogP contribution >= 0.6 is 9.47 Å². The molecular weight excluding hydrogens is 162 g/mol. The number of aliphatic hydroxyl groups is 1. The van der Waals surface area contributed by atoms with Gasteiger partial charge in [-0.25, -0.2) is 0 Å². The molecule has 1 rings (SSSR count). The third-order valence-corrected chi connectivity index (χ3v) is 2.30. The largest absolute Gasteiger partial charge is 0.394 e. The average Bonchev–Trinajstić information content (AvgIpc) is 2.46. The summed E-state index contributed by atoms with van der Waals surface area (Å²) in [5.74, 6) is 0. The van der Waals surface area contributed by atoms with Gasteiger partial charge in [0, 0.05) is 15.5 Å². The SMILES string of the molecule is C[B][C@H]1CC(OP)[C@@H](CO)O1. The Morgan fingerprint density at radius 2 is 2.55 bits per heavy atom. The van der Waals surface area contributed by atoms with Crippen molar-refractivity contribution in [3.05, 3.63) is 0 Å². The first-order valence-corrected chi connectivity index (χ1v) is 4.20. The zero-order chi connectivity index (χ0) is 8.27. The van der Waals surface area contributed by atoms with Crippen LogP contribution in [0.3, 0.4) is 0 Å². The summed E-state index contributed by atoms with van der Waals surface area (Å²) in [6.07, 6.45) is 0.700. The van der Waals surface area contributed by atoms with Crippen molar-refractivity contribution in [2.24, 2.45) is 0 Å². The maximum Gasteiger partial charge on any atom is 0.146 e. The molecule has 11 heavy (non-hydrogen) atoms. The molecule has 0 amide bonds. The van der Waals surface area contributed by atoms with Crippen molar-refractivity contribution in [2.45, 2.75) is 31.5 Å². The third-order valence-electron chi connectivity index (χ3n) is 1.96. The topological polar surface area (TPSA) is 38.7 Å². The summed E-state index contributed by atoms with van der Waals surface area (Å²) in [5.41, 5.74) is 0. The third kappa shape index (κ3) is 2.16. The van der Waals surface area contributed by atoms with Crippen molar-refractivity contribution in [3.8, 4) is 0 Å². The molecule has 1 radical (unpaired) electrons. The van der Waals surface area contributed by atoms with Crippen LogP contribution in [0.15, 0.2) is 0 Å². The van der Waals surface area contributed by atoms with Gasteiger partial charge in [-0.15, -0.1) is 0 Å². The van der Waals surface area contributed by atoms with Gasteiger partial charge in [0.25, 0.3) is 0 Å². The van der Waals surface area contributed by atoms with E-state index in [1.54, 1.807) is 0 Å². The standard InChI is InChI=1S/C6H13BO3P/c1-7-6-2-4(10-11)5(3-8)9-6/h4-6,8H,2-3,11H2,1H3/t4?,5-,6-/m1/s1. The molecule has 2 unspecified atom stereocenters. The molecule has 4 atom stereocenters. The molecule has 1 fully saturated rings. The summed E-state index contributed by atoms with van der Waals surface area (Å²) >= 11 is 0. The number of rotatable bonds is 3. The molecule has 3 nitrogen and oxygen atoms in total. The summed E-state index contributed by atoms with van der Waals surface area (Å²) in [7, 11) is 4.19. The molecule has 1 saturated heterocycles. The van der Waals surface area contributed by atoms with Gasteiger partial charge in [0.1, 0.15) is 13.4 Å². The van der Waals surface area contributed by atoms with Crippen LogP contribution in [-0.4, -0.2) is 37.2 Å². The minimum absolute atomic E-state index is 0.0196. The smallest absolute Gasteiger partial charge is 0.146 e. The van der Waals surface area contributed by atoms with E-state index in [1.807, 2.05) is 14.1 Å². The maximum atomic E-state index is 8.85. The molecule has 0 aliphatic carbocycles. The lowest BCUT2D eigenvalue weighted by atomic mass is 9.73. The van der Waals surface area contributed by atoms with Crippen LogP contribution < -0.4 is 0 Å². The van der Waals surface area contributed by atoms with E-state index < -0.39 is 0 Å². The first kappa shape index (κ1) is 9.46. The second-order valence-corrected chi connectivity index (χ2v) is 2.91. The van der Waals surface area contributed by atoms with E-state index >= 15 is 0 Å². The van der Waals surface area contributed by atoms with Crippen molar-refractivity contribution in [1.29, 1.82) is 0 Å². The van der Waals surface area contributed by atoms with Crippen molar-refractivity contribution < 1.29 is 14.4 Å². The summed E-state index contributed by atoms with van der Waals surface area (Å²) in [6, 6.07) is 0.137. The first-order valence-electron chi connectivity index (χ1n) is 3.73. The van der Waals surface area contributed by atoms with Crippen LogP contribution in [0.25, 0.3) is 0 Å². The van der Waals surface area contributed by atoms with Crippen LogP contribution in [-0.2, 0) is 9.26 Å². The van der Waals surface area contributed by atoms with Gasteiger partial charge in [-0.05, 0) is 6.42 Å². The van der Waals surface area contributed by atoms with Gasteiger partial charge in [-0.1, -0.05) is 6.82 Å². The molecule has 0 aromatic rings. The molecular formula is C6H13BO3P. The molecule has 0 saturated carbocycles. The fourth-order valence-corrected chi connectivity index (χ4v) is 1.55. The molecule has 0 spiro atoms. The molecule has 63 valence electrons. The van der Waals surface area contributed by atoms with Gasteiger partial charge >= 0.3 is 0 Å². The van der Waals surface area contributed by atoms with E-state index in [0.717, 1.165) is 6.42 Å². The second-order valence-electron chi connectivity index (χ2n) is 2.64. The minimum atomic E-state index is -0.159. The van der Waals surface area contributed by atoms with E-state index in [0.29, 0.717) is 0 Å². The second kappa shape index (κ2) is 4.41. The fraction of sp³-hybridized carbons (Fsp3) is 1.00. The number of ether oxygens (including phenoxy) is 1. The van der Waals surface area contributed by atoms with Crippen LogP contribution in [0.2, 0.25) is 6.82 Å². The highest BCUT2D eigenvalue weighted by Gasteiger charge is 2.33. The Bertz CT molecular complexity index is 112. The zero-order valence-electron chi connectivity index (χ0n) is 6.56. The summed E-state index contributed by atoms with van der Waals surface area (Å²) in [4.78, 5) is 0. The quantitative estimate of drug-likeness (QED) is 0.485. The van der Waals surface area contributed by atoms with Crippen molar-refractivity contribution >= 4 is 16.7 Å². The fourth-order valence-electron chi connectivity index (χ4n) is 1.27. The van der Waals surface area contributed by atoms with E-state index in [-0.39, 0.29) is 24.8 Å². The molecule has 0 bridgehead atoms. The summed E-state index contributed by atoms with van der Waals surface area (Å²) in [5, 5.41) is 8.85. The van der Waals surface area contributed by atoms with Gasteiger partial charge in [-0.2, -0.15) is 0 Å². The number of aliphatic hydroxyl groups excluding tert-OH is 1. The summed E-state index contributed by atoms with van der Waals surface area (Å²) < 4.78 is 10.5. The predicted octanol–water partition coefficient (Wildman–Crippen LogP) is 0.0213. The van der Waals surface area contributed by atoms with Crippen molar-refractivity contribution in [3.63, 3.8) is 0 Å². The van der Waals surface area contributed by atoms with Crippen LogP contribution in [0.1, 0.15) is 6.42 Å². The van der Waals surface area contributed by atoms with Crippen LogP contribution in [0.5, 0.6) is 0 Å². The molecule has 1 aliphatic rings. The monoisotopic (exact) mass is 175 g/mol. The van der Waals surface area contributed by atoms with Gasteiger partial charge in [0.15, 0.2) is 0 Å². The number of hydrogen-bond acceptors (Lipinski definition) is 3. The maximum absolute atomic E-state index is 8.85. The highest BCUT2D eigenvalue weighted by molar-refractivity contribution is 7.09. The summed E-state index contributed by atoms with van der Waals surface area (Å²) in [6.45, 7) is 1.98. The Morgan fingerprint density at radius 3 is 2.91 bits per heavy atom. The Balaban J connectivity index is 2.41. The minimum Gasteiger partial charge on any atom is -0.394 e. The molecule has 1 aliphatic heterocycles. The molecule has 1 heterocycles. The Kier molecular flexibility index (Phi) is 3.80. The van der Waals surface area contributed by atoms with Crippen molar-refractivity contribution in [1.82, 2.24) is 0 Å². The molecule has 1 N–H and O–H groups in total. The molecule has 5 heteroatoms. The van der Waals surface area contributed by atoms with E-state index in [4.69, 9.17) is 14.4 Å². The van der Waals surface area contributed by atoms with E-state index in [2.05, 4.69) is 9.47 Å². The van der Waals surface area contributed by atoms with E-state index in [1.165, 1.54) is 0 Å². The van der Waals surface area contributed by atoms with Crippen LogP contribution in [0.4, 0.5) is 0 Å². The van der Waals surface area contributed by atoms with Gasteiger partial charge in [0.05, 0.1) is 12.7 Å². The predicted molar refractivity (Wildman–Crippen MR) is 46.6 cm³/mol. The highest BCUT2D eigenvalue weighted by Crippen LogP contribution is 2.23. The van der Waals surface area contributed by atoms with Crippen molar-refractivity contribution in [2.75, 3.05) is 6.61 Å². The normalized spacial score (nSPS) is 37.5. The lowest BCUT2D eigenvalue weighted by Gasteiger charge is -2.13. The lowest BCUT2D eigenvalue weighted by molar-refractivity contribution is 0.00755. The highest BCUT2D eigenvalue weighted by atomic mass is 31.0. The average molecular weight is 175 g/mol. The Labute approximate surface area is 70.0 Å². The Hall–Kier alpha value is 0.375. The lowest BCUT2D eigenvalue weighted by Crippen LogP contribution is -2.25. The molecule has 0 aromatic heterocycles. The molecule has 0 aromatic carbocycles. The Morgan fingerprint density at radius 1 is 1.82 bits per heavy atom. The van der Waals surface area contributed by atoms with E-state index in [9.17, 15) is 0 Å². The van der Waals surface area contributed by atoms with Gasteiger partial charge in [0.2, 0.25) is 0 Å². The van der Waals surface area contributed by atoms with Gasteiger partial charge in [-0.3, -0.25) is 0 Å².